The molecule has 0 saturated heterocycles. The minimum atomic E-state index is -0.534. The molecule has 0 aliphatic carbocycles. The molecule has 25 heavy (non-hydrogen) atoms. The van der Waals surface area contributed by atoms with Gasteiger partial charge in [0.05, 0.1) is 6.04 Å². The minimum Gasteiger partial charge on any atom is -0.444 e. The van der Waals surface area contributed by atoms with Crippen molar-refractivity contribution in [2.24, 2.45) is 0 Å². The number of H-pyrrole nitrogens is 1. The fraction of sp³-hybridized carbons (Fsp3) is 0.368. The maximum Gasteiger partial charge on any atom is 0.408 e. The first-order chi connectivity index (χ1) is 11.8. The Kier molecular flexibility index (Phi) is 4.81. The van der Waals surface area contributed by atoms with Gasteiger partial charge in [0.15, 0.2) is 0 Å². The molecule has 2 N–H and O–H groups in total. The van der Waals surface area contributed by atoms with Crippen LogP contribution in [0.4, 0.5) is 4.79 Å². The number of nitrogens with one attached hydrogen (secondary N) is 2. The number of hydrogen-bond acceptors (Lipinski definition) is 4. The second-order valence-electron chi connectivity index (χ2n) is 7.09. The maximum absolute atomic E-state index is 12.3. The summed E-state index contributed by atoms with van der Waals surface area (Å²) >= 11 is 1.55. The monoisotopic (exact) mass is 357 g/mol. The molecule has 1 atom stereocenters. The molecule has 0 spiro atoms. The van der Waals surface area contributed by atoms with Gasteiger partial charge in [0, 0.05) is 34.6 Å². The molecule has 0 unspecified atom stereocenters. The first-order valence-electron chi connectivity index (χ1n) is 8.28. The molecule has 0 bridgehead atoms. The highest BCUT2D eigenvalue weighted by atomic mass is 32.1. The van der Waals surface area contributed by atoms with E-state index in [0.717, 1.165) is 27.2 Å². The lowest BCUT2D eigenvalue weighted by molar-refractivity contribution is 0.0503. The molecule has 1 amide bonds. The average Bonchev–Trinajstić information content (AvgIpc) is 3.12. The molecule has 0 aliphatic rings. The van der Waals surface area contributed by atoms with Gasteiger partial charge in [-0.1, -0.05) is 18.2 Å². The van der Waals surface area contributed by atoms with Crippen LogP contribution in [0.1, 0.15) is 43.1 Å². The van der Waals surface area contributed by atoms with E-state index in [9.17, 15) is 4.79 Å². The molecule has 2 heterocycles. The number of carbonyl (C=O) groups is 1. The Bertz CT molecular complexity index is 876. The third kappa shape index (κ3) is 4.39. The Morgan fingerprint density at radius 1 is 1.36 bits per heavy atom. The summed E-state index contributed by atoms with van der Waals surface area (Å²) in [5.41, 5.74) is 2.65. The summed E-state index contributed by atoms with van der Waals surface area (Å²) in [5, 5.41) is 7.02. The summed E-state index contributed by atoms with van der Waals surface area (Å²) in [6.45, 7) is 7.52. The van der Waals surface area contributed by atoms with E-state index in [1.54, 1.807) is 11.3 Å². The van der Waals surface area contributed by atoms with Crippen molar-refractivity contribution in [2.45, 2.75) is 45.8 Å². The van der Waals surface area contributed by atoms with E-state index in [2.05, 4.69) is 21.4 Å². The molecule has 0 saturated carbocycles. The van der Waals surface area contributed by atoms with E-state index in [1.807, 2.05) is 57.5 Å². The predicted octanol–water partition coefficient (Wildman–Crippen LogP) is 4.74. The summed E-state index contributed by atoms with van der Waals surface area (Å²) < 4.78 is 5.42. The molecule has 1 aromatic carbocycles. The van der Waals surface area contributed by atoms with Gasteiger partial charge < -0.3 is 15.0 Å². The maximum atomic E-state index is 12.3. The third-order valence-corrected chi connectivity index (χ3v) is 4.80. The van der Waals surface area contributed by atoms with Gasteiger partial charge in [-0.25, -0.2) is 9.78 Å². The first-order valence-corrected chi connectivity index (χ1v) is 9.16. The van der Waals surface area contributed by atoms with E-state index in [4.69, 9.17) is 4.74 Å². The van der Waals surface area contributed by atoms with Gasteiger partial charge in [-0.15, -0.1) is 11.3 Å². The fourth-order valence-corrected chi connectivity index (χ4v) is 3.55. The van der Waals surface area contributed by atoms with E-state index in [-0.39, 0.29) is 6.04 Å². The number of aryl methyl sites for hydroxylation is 1. The van der Waals surface area contributed by atoms with Crippen LogP contribution in [0.15, 0.2) is 35.8 Å². The topological polar surface area (TPSA) is 67.0 Å². The number of amides is 1. The van der Waals surface area contributed by atoms with Crippen LogP contribution in [-0.4, -0.2) is 21.7 Å². The number of aromatic amines is 1. The number of carbonyl (C=O) groups excluding carboxylic acids is 1. The smallest absolute Gasteiger partial charge is 0.408 e. The number of fused-ring (bicyclic) bond motifs is 1. The molecule has 3 rings (SSSR count). The first kappa shape index (κ1) is 17.5. The van der Waals surface area contributed by atoms with Gasteiger partial charge in [0.25, 0.3) is 0 Å². The number of aromatic nitrogens is 2. The lowest BCUT2D eigenvalue weighted by Crippen LogP contribution is -2.35. The number of rotatable bonds is 4. The largest absolute Gasteiger partial charge is 0.444 e. The highest BCUT2D eigenvalue weighted by molar-refractivity contribution is 7.09. The zero-order chi connectivity index (χ0) is 18.0. The highest BCUT2D eigenvalue weighted by Gasteiger charge is 2.23. The van der Waals surface area contributed by atoms with Crippen LogP contribution < -0.4 is 5.32 Å². The van der Waals surface area contributed by atoms with Crippen LogP contribution in [0.2, 0.25) is 0 Å². The average molecular weight is 357 g/mol. The molecule has 5 nitrogen and oxygen atoms in total. The molecular weight excluding hydrogens is 334 g/mol. The Morgan fingerprint density at radius 3 is 2.80 bits per heavy atom. The van der Waals surface area contributed by atoms with Crippen LogP contribution in [0, 0.1) is 6.92 Å². The van der Waals surface area contributed by atoms with Crippen molar-refractivity contribution in [3.63, 3.8) is 0 Å². The van der Waals surface area contributed by atoms with Crippen LogP contribution in [0.5, 0.6) is 0 Å². The summed E-state index contributed by atoms with van der Waals surface area (Å²) in [7, 11) is 0. The number of hydrogen-bond donors (Lipinski definition) is 2. The standard InChI is InChI=1S/C19H23N3O2S/c1-12-11-25-17(21-12)16(22-18(23)24-19(2,3)4)9-13-10-20-15-8-6-5-7-14(13)15/h5-8,10-11,16,20H,9H2,1-4H3,(H,22,23)/t16-/m0/s1. The van der Waals surface area contributed by atoms with Gasteiger partial charge in [-0.2, -0.15) is 0 Å². The number of thiazole rings is 1. The molecule has 2 aromatic heterocycles. The summed E-state index contributed by atoms with van der Waals surface area (Å²) in [4.78, 5) is 20.1. The quantitative estimate of drug-likeness (QED) is 0.708. The van der Waals surface area contributed by atoms with Crippen LogP contribution in [-0.2, 0) is 11.2 Å². The Morgan fingerprint density at radius 2 is 2.12 bits per heavy atom. The van der Waals surface area contributed by atoms with E-state index in [1.165, 1.54) is 0 Å². The molecule has 132 valence electrons. The van der Waals surface area contributed by atoms with Gasteiger partial charge in [-0.3, -0.25) is 0 Å². The van der Waals surface area contributed by atoms with Crippen molar-refractivity contribution < 1.29 is 9.53 Å². The molecule has 0 radical (unpaired) electrons. The van der Waals surface area contributed by atoms with Crippen molar-refractivity contribution in [2.75, 3.05) is 0 Å². The summed E-state index contributed by atoms with van der Waals surface area (Å²) in [6, 6.07) is 7.92. The predicted molar refractivity (Wildman–Crippen MR) is 101 cm³/mol. The fourth-order valence-electron chi connectivity index (χ4n) is 2.70. The molecule has 0 aliphatic heterocycles. The lowest BCUT2D eigenvalue weighted by Gasteiger charge is -2.22. The van der Waals surface area contributed by atoms with Crippen LogP contribution in [0.25, 0.3) is 10.9 Å². The zero-order valence-corrected chi connectivity index (χ0v) is 15.7. The van der Waals surface area contributed by atoms with Crippen molar-refractivity contribution in [3.05, 3.63) is 52.1 Å². The number of nitrogens with zero attached hydrogens (tertiary/aromatic N) is 1. The van der Waals surface area contributed by atoms with Gasteiger partial charge in [-0.05, 0) is 39.3 Å². The number of benzene rings is 1. The number of ether oxygens (including phenoxy) is 1. The minimum absolute atomic E-state index is 0.229. The normalized spacial score (nSPS) is 13.0. The third-order valence-electron chi connectivity index (χ3n) is 3.72. The zero-order valence-electron chi connectivity index (χ0n) is 14.9. The molecule has 0 fully saturated rings. The van der Waals surface area contributed by atoms with Crippen molar-refractivity contribution in [3.8, 4) is 0 Å². The van der Waals surface area contributed by atoms with E-state index < -0.39 is 11.7 Å². The van der Waals surface area contributed by atoms with Gasteiger partial charge in [0.1, 0.15) is 10.6 Å². The van der Waals surface area contributed by atoms with Crippen molar-refractivity contribution >= 4 is 28.3 Å². The Hall–Kier alpha value is -2.34. The van der Waals surface area contributed by atoms with Crippen molar-refractivity contribution in [1.82, 2.24) is 15.3 Å². The van der Waals surface area contributed by atoms with Crippen molar-refractivity contribution in [1.29, 1.82) is 0 Å². The van der Waals surface area contributed by atoms with E-state index in [0.29, 0.717) is 6.42 Å². The molecular formula is C19H23N3O2S. The lowest BCUT2D eigenvalue weighted by atomic mass is 10.1. The summed E-state index contributed by atoms with van der Waals surface area (Å²) in [5.74, 6) is 0. The number of alkyl carbamates (subject to hydrolysis) is 1. The van der Waals surface area contributed by atoms with E-state index >= 15 is 0 Å². The second kappa shape index (κ2) is 6.88. The van der Waals surface area contributed by atoms with Gasteiger partial charge in [0.2, 0.25) is 0 Å². The van der Waals surface area contributed by atoms with Crippen LogP contribution >= 0.6 is 11.3 Å². The molecule has 3 aromatic rings. The number of para-hydroxylation sites is 1. The highest BCUT2D eigenvalue weighted by Crippen LogP contribution is 2.26. The second-order valence-corrected chi connectivity index (χ2v) is 7.98. The molecule has 6 heteroatoms. The Labute approximate surface area is 151 Å². The summed E-state index contributed by atoms with van der Waals surface area (Å²) in [6.07, 6.45) is 2.22. The Balaban J connectivity index is 1.85. The van der Waals surface area contributed by atoms with Crippen LogP contribution in [0.3, 0.4) is 0 Å². The van der Waals surface area contributed by atoms with Gasteiger partial charge >= 0.3 is 6.09 Å². The SMILES string of the molecule is Cc1csc([C@H](Cc2c[nH]c3ccccc23)NC(=O)OC(C)(C)C)n1.